The van der Waals surface area contributed by atoms with Crippen molar-refractivity contribution in [1.82, 2.24) is 9.88 Å². The first kappa shape index (κ1) is 18.5. The van der Waals surface area contributed by atoms with E-state index in [0.717, 1.165) is 13.1 Å². The molecule has 128 valence electrons. The van der Waals surface area contributed by atoms with Gasteiger partial charge in [-0.15, -0.1) is 0 Å². The van der Waals surface area contributed by atoms with Gasteiger partial charge in [0.25, 0.3) is 0 Å². The number of pyridine rings is 1. The predicted octanol–water partition coefficient (Wildman–Crippen LogP) is 1.93. The van der Waals surface area contributed by atoms with Gasteiger partial charge < -0.3 is 10.0 Å². The number of aliphatic hydroxyl groups excluding tert-OH is 1. The summed E-state index contributed by atoms with van der Waals surface area (Å²) in [6, 6.07) is 4.25. The van der Waals surface area contributed by atoms with E-state index in [1.54, 1.807) is 0 Å². The van der Waals surface area contributed by atoms with Crippen LogP contribution in [0.4, 0.5) is 5.82 Å². The molecule has 1 aromatic heterocycles. The Morgan fingerprint density at radius 2 is 1.75 bits per heavy atom. The van der Waals surface area contributed by atoms with Gasteiger partial charge in [0.05, 0.1) is 17.7 Å². The quantitative estimate of drug-likeness (QED) is 0.837. The smallest absolute Gasteiger partial charge is 0.149 e. The second-order valence-corrected chi connectivity index (χ2v) is 6.83. The van der Waals surface area contributed by atoms with Gasteiger partial charge in [-0.05, 0) is 25.8 Å². The second kappa shape index (κ2) is 7.36. The molecule has 0 aromatic carbocycles. The van der Waals surface area contributed by atoms with Crippen molar-refractivity contribution in [2.75, 3.05) is 37.7 Å². The van der Waals surface area contributed by atoms with E-state index < -0.39 is 0 Å². The number of anilines is 1. The maximum atomic E-state index is 9.58. The van der Waals surface area contributed by atoms with Gasteiger partial charge in [-0.25, -0.2) is 4.98 Å². The van der Waals surface area contributed by atoms with Crippen LogP contribution in [0.15, 0.2) is 0 Å². The lowest BCUT2D eigenvalue weighted by molar-refractivity contribution is 0.0525. The largest absolute Gasteiger partial charge is 0.394 e. The van der Waals surface area contributed by atoms with Crippen molar-refractivity contribution in [3.05, 3.63) is 21.8 Å². The van der Waals surface area contributed by atoms with E-state index in [1.807, 2.05) is 25.7 Å². The third kappa shape index (κ3) is 3.32. The third-order valence-electron chi connectivity index (χ3n) is 4.64. The molecule has 2 heterocycles. The molecule has 0 saturated carbocycles. The molecule has 0 radical (unpaired) electrons. The zero-order valence-electron chi connectivity index (χ0n) is 14.3. The van der Waals surface area contributed by atoms with Crippen LogP contribution >= 0.6 is 11.6 Å². The van der Waals surface area contributed by atoms with Crippen molar-refractivity contribution < 1.29 is 5.11 Å². The van der Waals surface area contributed by atoms with Crippen LogP contribution in [0, 0.1) is 22.7 Å². The van der Waals surface area contributed by atoms with Gasteiger partial charge in [-0.1, -0.05) is 18.5 Å². The summed E-state index contributed by atoms with van der Waals surface area (Å²) >= 11 is 6.17. The average molecular weight is 348 g/mol. The first-order valence-corrected chi connectivity index (χ1v) is 8.40. The molecule has 1 aromatic rings. The van der Waals surface area contributed by atoms with Crippen LogP contribution in [0.1, 0.15) is 37.5 Å². The van der Waals surface area contributed by atoms with Gasteiger partial charge in [-0.2, -0.15) is 10.5 Å². The molecule has 7 heteroatoms. The van der Waals surface area contributed by atoms with Crippen molar-refractivity contribution in [1.29, 1.82) is 10.5 Å². The van der Waals surface area contributed by atoms with Crippen molar-refractivity contribution in [2.45, 2.75) is 32.7 Å². The summed E-state index contributed by atoms with van der Waals surface area (Å²) < 4.78 is 0. The zero-order valence-corrected chi connectivity index (χ0v) is 15.1. The molecule has 1 fully saturated rings. The molecule has 6 nitrogen and oxygen atoms in total. The van der Waals surface area contributed by atoms with Crippen LogP contribution in [-0.4, -0.2) is 53.3 Å². The van der Waals surface area contributed by atoms with Crippen LogP contribution in [0.3, 0.4) is 0 Å². The van der Waals surface area contributed by atoms with E-state index in [2.05, 4.69) is 22.0 Å². The van der Waals surface area contributed by atoms with Crippen LogP contribution in [-0.2, 0) is 6.42 Å². The molecule has 0 bridgehead atoms. The summed E-state index contributed by atoms with van der Waals surface area (Å²) in [7, 11) is 0. The molecule has 24 heavy (non-hydrogen) atoms. The Balaban J connectivity index is 2.34. The summed E-state index contributed by atoms with van der Waals surface area (Å²) in [6.07, 6.45) is 0.554. The number of halogens is 1. The molecular formula is C17H22ClN5O. The highest BCUT2D eigenvalue weighted by molar-refractivity contribution is 6.30. The van der Waals surface area contributed by atoms with E-state index >= 15 is 0 Å². The summed E-state index contributed by atoms with van der Waals surface area (Å²) in [5.74, 6) is 0.555. The SMILES string of the molecule is CCc1c(C#N)c(Cl)nc(N2CCN(C(C)(C)CO)CC2)c1C#N. The molecule has 0 aliphatic carbocycles. The molecular weight excluding hydrogens is 326 g/mol. The van der Waals surface area contributed by atoms with Gasteiger partial charge in [0, 0.05) is 31.7 Å². The van der Waals surface area contributed by atoms with Gasteiger partial charge in [0.2, 0.25) is 0 Å². The normalized spacial score (nSPS) is 15.9. The highest BCUT2D eigenvalue weighted by Gasteiger charge is 2.31. The van der Waals surface area contributed by atoms with E-state index in [1.165, 1.54) is 0 Å². The topological polar surface area (TPSA) is 87.2 Å². The van der Waals surface area contributed by atoms with Crippen molar-refractivity contribution >= 4 is 17.4 Å². The van der Waals surface area contributed by atoms with Crippen LogP contribution in [0.5, 0.6) is 0 Å². The number of aromatic nitrogens is 1. The van der Waals surface area contributed by atoms with Crippen LogP contribution in [0.2, 0.25) is 5.15 Å². The Kier molecular flexibility index (Phi) is 5.66. The predicted molar refractivity (Wildman–Crippen MR) is 93.0 cm³/mol. The molecule has 1 aliphatic rings. The molecule has 0 amide bonds. The van der Waals surface area contributed by atoms with Gasteiger partial charge in [-0.3, -0.25) is 4.90 Å². The summed E-state index contributed by atoms with van der Waals surface area (Å²) in [5.41, 5.74) is 1.12. The monoisotopic (exact) mass is 347 g/mol. The molecule has 2 rings (SSSR count). The Bertz CT molecular complexity index is 696. The number of aliphatic hydroxyl groups is 1. The summed E-state index contributed by atoms with van der Waals surface area (Å²) in [4.78, 5) is 8.59. The molecule has 0 atom stereocenters. The molecule has 0 unspecified atom stereocenters. The highest BCUT2D eigenvalue weighted by Crippen LogP contribution is 2.30. The van der Waals surface area contributed by atoms with E-state index in [-0.39, 0.29) is 17.3 Å². The van der Waals surface area contributed by atoms with E-state index in [0.29, 0.717) is 42.0 Å². The molecule has 1 N–H and O–H groups in total. The molecule has 1 saturated heterocycles. The fraction of sp³-hybridized carbons (Fsp3) is 0.588. The average Bonchev–Trinajstić information content (AvgIpc) is 2.60. The van der Waals surface area contributed by atoms with Gasteiger partial charge in [0.15, 0.2) is 0 Å². The maximum Gasteiger partial charge on any atom is 0.149 e. The third-order valence-corrected chi connectivity index (χ3v) is 4.91. The van der Waals surface area contributed by atoms with Gasteiger partial charge in [0.1, 0.15) is 23.1 Å². The number of piperazine rings is 1. The van der Waals surface area contributed by atoms with Crippen molar-refractivity contribution in [3.8, 4) is 12.1 Å². The fourth-order valence-electron chi connectivity index (χ4n) is 3.03. The molecule has 0 spiro atoms. The Morgan fingerprint density at radius 1 is 1.17 bits per heavy atom. The van der Waals surface area contributed by atoms with Crippen molar-refractivity contribution in [2.24, 2.45) is 0 Å². The highest BCUT2D eigenvalue weighted by atomic mass is 35.5. The number of hydrogen-bond acceptors (Lipinski definition) is 6. The Hall–Kier alpha value is -1.86. The van der Waals surface area contributed by atoms with Crippen LogP contribution in [0.25, 0.3) is 0 Å². The fourth-order valence-corrected chi connectivity index (χ4v) is 3.26. The van der Waals surface area contributed by atoms with Crippen molar-refractivity contribution in [3.63, 3.8) is 0 Å². The lowest BCUT2D eigenvalue weighted by Crippen LogP contribution is -2.56. The minimum Gasteiger partial charge on any atom is -0.394 e. The summed E-state index contributed by atoms with van der Waals surface area (Å²) in [6.45, 7) is 8.92. The molecule has 1 aliphatic heterocycles. The maximum absolute atomic E-state index is 9.58. The summed E-state index contributed by atoms with van der Waals surface area (Å²) in [5, 5.41) is 28.5. The standard InChI is InChI=1S/C17H22ClN5O/c1-4-12-13(9-19)15(18)21-16(14(12)10-20)22-5-7-23(8-6-22)17(2,3)11-24/h24H,4-8,11H2,1-3H3. The lowest BCUT2D eigenvalue weighted by atomic mass is 10.0. The minimum absolute atomic E-state index is 0.0946. The Labute approximate surface area is 147 Å². The number of nitriles is 2. The van der Waals surface area contributed by atoms with E-state index in [9.17, 15) is 15.6 Å². The second-order valence-electron chi connectivity index (χ2n) is 6.48. The lowest BCUT2D eigenvalue weighted by Gasteiger charge is -2.43. The number of hydrogen-bond donors (Lipinski definition) is 1. The van der Waals surface area contributed by atoms with E-state index in [4.69, 9.17) is 11.6 Å². The number of nitrogens with zero attached hydrogens (tertiary/aromatic N) is 5. The first-order valence-electron chi connectivity index (χ1n) is 8.03. The first-order chi connectivity index (χ1) is 11.4. The minimum atomic E-state index is -0.269. The number of rotatable bonds is 4. The zero-order chi connectivity index (χ0) is 17.9. The van der Waals surface area contributed by atoms with Gasteiger partial charge >= 0.3 is 0 Å². The van der Waals surface area contributed by atoms with Crippen LogP contribution < -0.4 is 4.90 Å². The Morgan fingerprint density at radius 3 is 2.21 bits per heavy atom.